The lowest BCUT2D eigenvalue weighted by atomic mass is 9.89. The molecular weight excluding hydrogens is 504 g/mol. The number of piperidine rings is 1. The fourth-order valence-corrected chi connectivity index (χ4v) is 6.84. The standard InChI is InChI=1S/C27H36N6O4S/c1-19(34)23-17-29-33-25(30(2)22-11-7-4-8-12-22)24(18-32(26(23)33)38(28,36)37)27(35)31-15-13-21(14-16-31)20-9-5-3-6-10-20/h3,5-6,9-10,17-18,21-22,25H,4,7-8,11-16H2,1-2H3,(H2,28,36,37). The summed E-state index contributed by atoms with van der Waals surface area (Å²) in [4.78, 5) is 30.4. The predicted molar refractivity (Wildman–Crippen MR) is 145 cm³/mol. The van der Waals surface area contributed by atoms with Crippen LogP contribution >= 0.6 is 0 Å². The van der Waals surface area contributed by atoms with Gasteiger partial charge >= 0.3 is 10.2 Å². The number of aromatic nitrogens is 2. The number of likely N-dealkylation sites (tertiary alicyclic amines) is 1. The molecule has 2 N–H and O–H groups in total. The molecule has 11 heteroatoms. The highest BCUT2D eigenvalue weighted by Crippen LogP contribution is 2.40. The number of carbonyl (C=O) groups excluding carboxylic acids is 2. The number of nitrogens with two attached hydrogens (primary N) is 1. The average molecular weight is 541 g/mol. The fraction of sp³-hybridized carbons (Fsp3) is 0.519. The van der Waals surface area contributed by atoms with Gasteiger partial charge < -0.3 is 4.90 Å². The van der Waals surface area contributed by atoms with Crippen LogP contribution < -0.4 is 9.44 Å². The van der Waals surface area contributed by atoms with Crippen molar-refractivity contribution in [3.8, 4) is 0 Å². The number of benzene rings is 1. The summed E-state index contributed by atoms with van der Waals surface area (Å²) in [6.07, 6.45) is 8.99. The number of nitrogens with zero attached hydrogens (tertiary/aromatic N) is 5. The van der Waals surface area contributed by atoms with Crippen LogP contribution in [0.5, 0.6) is 0 Å². The van der Waals surface area contributed by atoms with Crippen molar-refractivity contribution >= 4 is 27.7 Å². The maximum atomic E-state index is 14.1. The minimum absolute atomic E-state index is 0.0759. The molecule has 1 aliphatic carbocycles. The van der Waals surface area contributed by atoms with Crippen LogP contribution in [0, 0.1) is 0 Å². The zero-order chi connectivity index (χ0) is 27.0. The Kier molecular flexibility index (Phi) is 7.43. The van der Waals surface area contributed by atoms with Crippen LogP contribution in [-0.2, 0) is 15.0 Å². The summed E-state index contributed by atoms with van der Waals surface area (Å²) < 4.78 is 27.8. The Labute approximate surface area is 224 Å². The van der Waals surface area contributed by atoms with E-state index >= 15 is 0 Å². The second-order valence-corrected chi connectivity index (χ2v) is 12.0. The Morgan fingerprint density at radius 2 is 1.68 bits per heavy atom. The molecule has 2 fully saturated rings. The number of fused-ring (bicyclic) bond motifs is 1. The van der Waals surface area contributed by atoms with Crippen LogP contribution in [0.2, 0.25) is 0 Å². The minimum atomic E-state index is -4.33. The highest BCUT2D eigenvalue weighted by molar-refractivity contribution is 7.90. The van der Waals surface area contributed by atoms with Gasteiger partial charge in [-0.1, -0.05) is 49.6 Å². The highest BCUT2D eigenvalue weighted by Gasteiger charge is 2.43. The zero-order valence-corrected chi connectivity index (χ0v) is 22.8. The molecule has 3 heterocycles. The highest BCUT2D eigenvalue weighted by atomic mass is 32.2. The second-order valence-electron chi connectivity index (χ2n) is 10.6. The van der Waals surface area contributed by atoms with Crippen molar-refractivity contribution in [1.82, 2.24) is 19.6 Å². The van der Waals surface area contributed by atoms with Gasteiger partial charge in [0.2, 0.25) is 0 Å². The summed E-state index contributed by atoms with van der Waals surface area (Å²) in [7, 11) is -2.37. The average Bonchev–Trinajstić information content (AvgIpc) is 3.37. The molecule has 5 rings (SSSR count). The second kappa shape index (κ2) is 10.6. The maximum Gasteiger partial charge on any atom is 0.304 e. The zero-order valence-electron chi connectivity index (χ0n) is 22.0. The summed E-state index contributed by atoms with van der Waals surface area (Å²) in [5.74, 6) is -0.112. The van der Waals surface area contributed by atoms with E-state index in [0.717, 1.165) is 42.8 Å². The molecule has 10 nitrogen and oxygen atoms in total. The number of likely N-dealkylation sites (N-methyl/N-ethyl adjacent to an activating group) is 1. The van der Waals surface area contributed by atoms with E-state index in [2.05, 4.69) is 22.1 Å². The molecule has 1 aromatic carbocycles. The van der Waals surface area contributed by atoms with E-state index in [-0.39, 0.29) is 34.7 Å². The lowest BCUT2D eigenvalue weighted by Crippen LogP contribution is -2.50. The van der Waals surface area contributed by atoms with Gasteiger partial charge in [0.05, 0.1) is 17.3 Å². The van der Waals surface area contributed by atoms with Gasteiger partial charge in [-0.15, -0.1) is 0 Å². The van der Waals surface area contributed by atoms with Crippen LogP contribution in [0.15, 0.2) is 48.3 Å². The van der Waals surface area contributed by atoms with Gasteiger partial charge in [-0.2, -0.15) is 13.5 Å². The molecule has 3 aliphatic rings. The van der Waals surface area contributed by atoms with Crippen LogP contribution in [0.1, 0.15) is 79.9 Å². The fourth-order valence-electron chi connectivity index (χ4n) is 6.15. The topological polar surface area (TPSA) is 122 Å². The molecule has 1 saturated heterocycles. The number of amides is 1. The number of hydrogen-bond acceptors (Lipinski definition) is 6. The van der Waals surface area contributed by atoms with E-state index in [9.17, 15) is 18.0 Å². The third kappa shape index (κ3) is 5.02. The molecule has 1 aromatic heterocycles. The third-order valence-corrected chi connectivity index (χ3v) is 9.06. The van der Waals surface area contributed by atoms with E-state index in [1.807, 2.05) is 25.2 Å². The molecule has 1 atom stereocenters. The molecule has 204 valence electrons. The minimum Gasteiger partial charge on any atom is -0.339 e. The van der Waals surface area contributed by atoms with Crippen LogP contribution in [-0.4, -0.2) is 65.9 Å². The van der Waals surface area contributed by atoms with Gasteiger partial charge in [0.1, 0.15) is 6.17 Å². The molecule has 1 amide bonds. The van der Waals surface area contributed by atoms with Crippen molar-refractivity contribution in [3.05, 3.63) is 59.4 Å². The summed E-state index contributed by atoms with van der Waals surface area (Å²) in [6, 6.07) is 10.5. The van der Waals surface area contributed by atoms with Crippen molar-refractivity contribution in [2.45, 2.75) is 70.0 Å². The van der Waals surface area contributed by atoms with Gasteiger partial charge in [0.15, 0.2) is 11.6 Å². The van der Waals surface area contributed by atoms with Crippen molar-refractivity contribution in [2.75, 3.05) is 24.4 Å². The first-order valence-corrected chi connectivity index (χ1v) is 14.9. The molecule has 1 unspecified atom stereocenters. The lowest BCUT2D eigenvalue weighted by molar-refractivity contribution is -0.129. The summed E-state index contributed by atoms with van der Waals surface area (Å²) in [5.41, 5.74) is 1.70. The van der Waals surface area contributed by atoms with Crippen LogP contribution in [0.25, 0.3) is 0 Å². The van der Waals surface area contributed by atoms with E-state index in [1.165, 1.54) is 36.0 Å². The molecule has 2 aliphatic heterocycles. The van der Waals surface area contributed by atoms with Gasteiger partial charge in [-0.3, -0.25) is 14.5 Å². The Bertz CT molecular complexity index is 1320. The molecule has 1 saturated carbocycles. The van der Waals surface area contributed by atoms with E-state index in [1.54, 1.807) is 4.90 Å². The van der Waals surface area contributed by atoms with Crippen LogP contribution in [0.3, 0.4) is 0 Å². The largest absolute Gasteiger partial charge is 0.339 e. The van der Waals surface area contributed by atoms with E-state index in [4.69, 9.17) is 5.14 Å². The van der Waals surface area contributed by atoms with Gasteiger partial charge in [0, 0.05) is 25.3 Å². The Hall–Kier alpha value is -3.02. The summed E-state index contributed by atoms with van der Waals surface area (Å²) in [6.45, 7) is 2.49. The predicted octanol–water partition coefficient (Wildman–Crippen LogP) is 3.16. The lowest BCUT2D eigenvalue weighted by Gasteiger charge is -2.42. The van der Waals surface area contributed by atoms with Gasteiger partial charge in [-0.25, -0.2) is 14.1 Å². The van der Waals surface area contributed by atoms with Gasteiger partial charge in [0.25, 0.3) is 5.91 Å². The first kappa shape index (κ1) is 26.6. The third-order valence-electron chi connectivity index (χ3n) is 8.23. The van der Waals surface area contributed by atoms with Crippen molar-refractivity contribution in [3.63, 3.8) is 0 Å². The first-order valence-electron chi connectivity index (χ1n) is 13.3. The summed E-state index contributed by atoms with van der Waals surface area (Å²) >= 11 is 0. The van der Waals surface area contributed by atoms with Crippen LogP contribution in [0.4, 0.5) is 5.82 Å². The molecule has 2 aromatic rings. The SMILES string of the molecule is CC(=O)c1cnn2c1N(S(N)(=O)=O)C=C(C(=O)N1CCC(c3ccccc3)CC1)C2N(C)C1CCCCC1. The first-order chi connectivity index (χ1) is 18.2. The Morgan fingerprint density at radius 1 is 1.03 bits per heavy atom. The van der Waals surface area contributed by atoms with Gasteiger partial charge in [-0.05, 0) is 51.1 Å². The summed E-state index contributed by atoms with van der Waals surface area (Å²) in [5, 5.41) is 10.1. The molecule has 0 spiro atoms. The normalized spacial score (nSPS) is 21.4. The Balaban J connectivity index is 1.51. The van der Waals surface area contributed by atoms with E-state index in [0.29, 0.717) is 19.0 Å². The van der Waals surface area contributed by atoms with E-state index < -0.39 is 16.4 Å². The number of rotatable bonds is 6. The van der Waals surface area contributed by atoms with Crippen molar-refractivity contribution in [2.24, 2.45) is 5.14 Å². The smallest absolute Gasteiger partial charge is 0.304 e. The molecule has 38 heavy (non-hydrogen) atoms. The monoisotopic (exact) mass is 540 g/mol. The quantitative estimate of drug-likeness (QED) is 0.562. The molecular formula is C27H36N6O4S. The Morgan fingerprint density at radius 3 is 2.29 bits per heavy atom. The molecule has 0 radical (unpaired) electrons. The maximum absolute atomic E-state index is 14.1. The number of hydrogen-bond donors (Lipinski definition) is 1. The number of ketones is 1. The molecule has 0 bridgehead atoms. The number of anilines is 1. The van der Waals surface area contributed by atoms with Crippen molar-refractivity contribution in [1.29, 1.82) is 0 Å². The van der Waals surface area contributed by atoms with Crippen molar-refractivity contribution < 1.29 is 18.0 Å². The number of Topliss-reactive ketones (excluding diaryl/α,β-unsaturated/α-hetero) is 1. The number of carbonyl (C=O) groups is 2.